The van der Waals surface area contributed by atoms with Crippen LogP contribution < -0.4 is 0 Å². The van der Waals surface area contributed by atoms with E-state index >= 15 is 0 Å². The summed E-state index contributed by atoms with van der Waals surface area (Å²) in [7, 11) is 8.01. The molecule has 0 N–H and O–H groups in total. The second-order valence-electron chi connectivity index (χ2n) is 5.76. The first-order valence-electron chi connectivity index (χ1n) is 6.44. The van der Waals surface area contributed by atoms with Gasteiger partial charge in [-0.15, -0.1) is 0 Å². The molecule has 1 atom stereocenters. The Labute approximate surface area is 115 Å². The first-order chi connectivity index (χ1) is 8.92. The molecule has 0 heterocycles. The van der Waals surface area contributed by atoms with Gasteiger partial charge in [0.2, 0.25) is 0 Å². The average Bonchev–Trinajstić information content (AvgIpc) is 2.35. The van der Waals surface area contributed by atoms with Gasteiger partial charge in [0.25, 0.3) is 0 Å². The van der Waals surface area contributed by atoms with Crippen LogP contribution in [0.5, 0.6) is 0 Å². The zero-order valence-corrected chi connectivity index (χ0v) is 12.3. The molecule has 106 valence electrons. The van der Waals surface area contributed by atoms with E-state index < -0.39 is 0 Å². The van der Waals surface area contributed by atoms with Crippen LogP contribution in [0.25, 0.3) is 0 Å². The van der Waals surface area contributed by atoms with Crippen LogP contribution in [0.2, 0.25) is 0 Å². The van der Waals surface area contributed by atoms with E-state index in [2.05, 4.69) is 21.1 Å². The topological polar surface area (TPSA) is 35.5 Å². The van der Waals surface area contributed by atoms with E-state index in [-0.39, 0.29) is 11.9 Å². The van der Waals surface area contributed by atoms with Crippen molar-refractivity contribution in [3.8, 4) is 0 Å². The summed E-state index contributed by atoms with van der Waals surface area (Å²) in [6.45, 7) is 1.88. The molecule has 1 unspecified atom stereocenters. The second kappa shape index (κ2) is 7.26. The van der Waals surface area contributed by atoms with Gasteiger partial charge in [0.05, 0.1) is 45.8 Å². The number of ether oxygens (including phenoxy) is 2. The summed E-state index contributed by atoms with van der Waals surface area (Å²) in [6.07, 6.45) is 0. The highest BCUT2D eigenvalue weighted by Gasteiger charge is 2.20. The third-order valence-electron chi connectivity index (χ3n) is 2.67. The summed E-state index contributed by atoms with van der Waals surface area (Å²) < 4.78 is 11.4. The van der Waals surface area contributed by atoms with Gasteiger partial charge in [-0.05, 0) is 12.1 Å². The Balaban J connectivity index is 2.50. The van der Waals surface area contributed by atoms with Crippen LogP contribution in [0.4, 0.5) is 0 Å². The van der Waals surface area contributed by atoms with Crippen LogP contribution in [0.1, 0.15) is 10.4 Å². The number of rotatable bonds is 7. The highest BCUT2D eigenvalue weighted by molar-refractivity contribution is 5.89. The van der Waals surface area contributed by atoms with Gasteiger partial charge < -0.3 is 14.0 Å². The fourth-order valence-corrected chi connectivity index (χ4v) is 2.01. The number of benzene rings is 1. The Kier molecular flexibility index (Phi) is 5.99. The maximum atomic E-state index is 11.9. The lowest BCUT2D eigenvalue weighted by Gasteiger charge is -2.28. The average molecular weight is 266 g/mol. The standard InChI is InChI=1S/C15H24NO3/c1-16(2,3)10-13(11-18-4)12-19-15(17)14-8-6-5-7-9-14/h5-9,13H,10-12H2,1-4H3/q+1. The van der Waals surface area contributed by atoms with E-state index in [0.717, 1.165) is 11.0 Å². The maximum absolute atomic E-state index is 11.9. The molecule has 0 aliphatic heterocycles. The van der Waals surface area contributed by atoms with E-state index in [1.54, 1.807) is 19.2 Å². The lowest BCUT2D eigenvalue weighted by molar-refractivity contribution is -0.874. The lowest BCUT2D eigenvalue weighted by atomic mass is 10.1. The van der Waals surface area contributed by atoms with Crippen LogP contribution in [0.3, 0.4) is 0 Å². The summed E-state index contributed by atoms with van der Waals surface area (Å²) in [5, 5.41) is 0. The summed E-state index contributed by atoms with van der Waals surface area (Å²) in [4.78, 5) is 11.9. The number of hydrogen-bond donors (Lipinski definition) is 0. The Morgan fingerprint density at radius 1 is 1.16 bits per heavy atom. The Morgan fingerprint density at radius 2 is 1.79 bits per heavy atom. The van der Waals surface area contributed by atoms with Gasteiger partial charge in [0.1, 0.15) is 6.61 Å². The molecule has 1 rings (SSSR count). The number of nitrogens with zero attached hydrogens (tertiary/aromatic N) is 1. The Hall–Kier alpha value is -1.39. The van der Waals surface area contributed by atoms with Gasteiger partial charge in [0, 0.05) is 7.11 Å². The minimum absolute atomic E-state index is 0.206. The molecular formula is C15H24NO3+. The molecule has 0 aliphatic rings. The van der Waals surface area contributed by atoms with Gasteiger partial charge in [-0.25, -0.2) is 4.79 Å². The molecule has 0 saturated heterocycles. The minimum atomic E-state index is -0.275. The molecule has 0 aromatic heterocycles. The van der Waals surface area contributed by atoms with Crippen molar-refractivity contribution in [2.45, 2.75) is 0 Å². The zero-order valence-electron chi connectivity index (χ0n) is 12.3. The van der Waals surface area contributed by atoms with Crippen LogP contribution in [0.15, 0.2) is 30.3 Å². The first-order valence-corrected chi connectivity index (χ1v) is 6.44. The Bertz CT molecular complexity index is 384. The van der Waals surface area contributed by atoms with Crippen molar-refractivity contribution in [2.24, 2.45) is 5.92 Å². The van der Waals surface area contributed by atoms with Gasteiger partial charge in [-0.1, -0.05) is 18.2 Å². The molecule has 4 heteroatoms. The maximum Gasteiger partial charge on any atom is 0.338 e. The number of esters is 1. The monoisotopic (exact) mass is 266 g/mol. The molecular weight excluding hydrogens is 242 g/mol. The molecule has 0 fully saturated rings. The fourth-order valence-electron chi connectivity index (χ4n) is 2.01. The van der Waals surface area contributed by atoms with Crippen LogP contribution >= 0.6 is 0 Å². The van der Waals surface area contributed by atoms with Crippen molar-refractivity contribution in [1.29, 1.82) is 0 Å². The molecule has 1 aromatic rings. The van der Waals surface area contributed by atoms with Gasteiger partial charge >= 0.3 is 5.97 Å². The first kappa shape index (κ1) is 15.7. The number of hydrogen-bond acceptors (Lipinski definition) is 3. The molecule has 0 aliphatic carbocycles. The van der Waals surface area contributed by atoms with Gasteiger partial charge in [-0.2, -0.15) is 0 Å². The molecule has 0 saturated carbocycles. The summed E-state index contributed by atoms with van der Waals surface area (Å²) in [5.74, 6) is -0.0687. The van der Waals surface area contributed by atoms with Crippen LogP contribution in [0, 0.1) is 5.92 Å². The van der Waals surface area contributed by atoms with Crippen molar-refractivity contribution >= 4 is 5.97 Å². The summed E-state index contributed by atoms with van der Waals surface area (Å²) in [6, 6.07) is 9.05. The number of carbonyl (C=O) groups excluding carboxylic acids is 1. The second-order valence-corrected chi connectivity index (χ2v) is 5.76. The van der Waals surface area contributed by atoms with Crippen molar-refractivity contribution < 1.29 is 18.8 Å². The van der Waals surface area contributed by atoms with Crippen molar-refractivity contribution in [1.82, 2.24) is 0 Å². The molecule has 19 heavy (non-hydrogen) atoms. The summed E-state index contributed by atoms with van der Waals surface area (Å²) >= 11 is 0. The predicted octanol–water partition coefficient (Wildman–Crippen LogP) is 1.81. The van der Waals surface area contributed by atoms with E-state index in [4.69, 9.17) is 9.47 Å². The van der Waals surface area contributed by atoms with E-state index in [1.165, 1.54) is 0 Å². The number of carbonyl (C=O) groups is 1. The third kappa shape index (κ3) is 6.36. The van der Waals surface area contributed by atoms with E-state index in [0.29, 0.717) is 18.8 Å². The van der Waals surface area contributed by atoms with Gasteiger partial charge in [0.15, 0.2) is 0 Å². The smallest absolute Gasteiger partial charge is 0.338 e. The third-order valence-corrected chi connectivity index (χ3v) is 2.67. The molecule has 0 bridgehead atoms. The molecule has 0 spiro atoms. The minimum Gasteiger partial charge on any atom is -0.461 e. The molecule has 4 nitrogen and oxygen atoms in total. The summed E-state index contributed by atoms with van der Waals surface area (Å²) in [5.41, 5.74) is 0.587. The number of quaternary nitrogens is 1. The van der Waals surface area contributed by atoms with Crippen LogP contribution in [-0.4, -0.2) is 58.5 Å². The molecule has 0 radical (unpaired) electrons. The zero-order chi connectivity index (χ0) is 14.3. The van der Waals surface area contributed by atoms with Crippen molar-refractivity contribution in [3.63, 3.8) is 0 Å². The molecule has 0 amide bonds. The largest absolute Gasteiger partial charge is 0.461 e. The normalized spacial score (nSPS) is 13.1. The fraction of sp³-hybridized carbons (Fsp3) is 0.533. The van der Waals surface area contributed by atoms with Gasteiger partial charge in [-0.3, -0.25) is 0 Å². The quantitative estimate of drug-likeness (QED) is 0.558. The number of methoxy groups -OCH3 is 1. The van der Waals surface area contributed by atoms with E-state index in [1.807, 2.05) is 18.2 Å². The Morgan fingerprint density at radius 3 is 2.32 bits per heavy atom. The van der Waals surface area contributed by atoms with Crippen LogP contribution in [-0.2, 0) is 9.47 Å². The van der Waals surface area contributed by atoms with E-state index in [9.17, 15) is 4.79 Å². The van der Waals surface area contributed by atoms with Crippen molar-refractivity contribution in [3.05, 3.63) is 35.9 Å². The molecule has 1 aromatic carbocycles. The highest BCUT2D eigenvalue weighted by Crippen LogP contribution is 2.07. The lowest BCUT2D eigenvalue weighted by Crippen LogP contribution is -2.42. The highest BCUT2D eigenvalue weighted by atomic mass is 16.5. The predicted molar refractivity (Wildman–Crippen MR) is 75.0 cm³/mol. The SMILES string of the molecule is COCC(COC(=O)c1ccccc1)C[N+](C)(C)C. The van der Waals surface area contributed by atoms with Crippen molar-refractivity contribution in [2.75, 3.05) is 48.0 Å².